The fourth-order valence-corrected chi connectivity index (χ4v) is 4.01. The summed E-state index contributed by atoms with van der Waals surface area (Å²) < 4.78 is 5.54. The number of aromatic nitrogens is 4. The van der Waals surface area contributed by atoms with E-state index in [4.69, 9.17) is 4.74 Å². The summed E-state index contributed by atoms with van der Waals surface area (Å²) in [5.74, 6) is 0.610. The molecular weight excluding hydrogens is 402 g/mol. The largest absolute Gasteiger partial charge is 0.449 e. The van der Waals surface area contributed by atoms with E-state index in [0.717, 1.165) is 11.1 Å². The van der Waals surface area contributed by atoms with Gasteiger partial charge in [-0.25, -0.2) is 4.79 Å². The Morgan fingerprint density at radius 2 is 1.66 bits per heavy atom. The molecule has 0 spiro atoms. The fourth-order valence-electron chi connectivity index (χ4n) is 4.01. The molecule has 0 fully saturated rings. The Balaban J connectivity index is 1.14. The molecule has 1 aliphatic carbocycles. The molecule has 32 heavy (non-hydrogen) atoms. The standard InChI is InChI=1S/C25H21N5O2/c31-25(26-15-5-6-17-11-13-18(14-12-17)24-27-29-30-28-24)32-16-23-21-9-3-1-7-19(21)20-8-2-4-10-22(20)23/h1-14,23H,15-16H2,(H,26,31)(H,27,28,29,30). The van der Waals surface area contributed by atoms with Crippen LogP contribution in [0.2, 0.25) is 0 Å². The molecule has 0 bridgehead atoms. The smallest absolute Gasteiger partial charge is 0.407 e. The highest BCUT2D eigenvalue weighted by Crippen LogP contribution is 2.44. The lowest BCUT2D eigenvalue weighted by molar-refractivity contribution is 0.144. The van der Waals surface area contributed by atoms with Crippen LogP contribution in [0.4, 0.5) is 4.79 Å². The van der Waals surface area contributed by atoms with E-state index in [0.29, 0.717) is 19.0 Å². The summed E-state index contributed by atoms with van der Waals surface area (Å²) >= 11 is 0. The number of alkyl carbamates (subject to hydrolysis) is 1. The maximum atomic E-state index is 12.2. The Hall–Kier alpha value is -4.26. The molecule has 1 aromatic heterocycles. The maximum Gasteiger partial charge on any atom is 0.407 e. The molecule has 158 valence electrons. The van der Waals surface area contributed by atoms with E-state index in [1.54, 1.807) is 0 Å². The molecule has 7 heteroatoms. The number of nitrogens with one attached hydrogen (secondary N) is 2. The van der Waals surface area contributed by atoms with Crippen LogP contribution in [-0.4, -0.2) is 39.9 Å². The normalized spacial score (nSPS) is 12.5. The van der Waals surface area contributed by atoms with Gasteiger partial charge in [0.1, 0.15) is 6.61 Å². The van der Waals surface area contributed by atoms with Gasteiger partial charge in [-0.3, -0.25) is 0 Å². The third-order valence-corrected chi connectivity index (χ3v) is 5.53. The SMILES string of the molecule is O=C(NCC=Cc1ccc(-c2nn[nH]n2)cc1)OCC1c2ccccc2-c2ccccc21. The minimum absolute atomic E-state index is 0.0569. The Bertz CT molecular complexity index is 1200. The minimum Gasteiger partial charge on any atom is -0.449 e. The van der Waals surface area contributed by atoms with Crippen molar-refractivity contribution in [2.45, 2.75) is 5.92 Å². The lowest BCUT2D eigenvalue weighted by Gasteiger charge is -2.14. The average Bonchev–Trinajstić information content (AvgIpc) is 3.48. The van der Waals surface area contributed by atoms with Gasteiger partial charge in [0.15, 0.2) is 0 Å². The predicted octanol–water partition coefficient (Wildman–Crippen LogP) is 4.42. The quantitative estimate of drug-likeness (QED) is 0.479. The molecule has 0 unspecified atom stereocenters. The number of carbonyl (C=O) groups is 1. The molecule has 1 aliphatic rings. The summed E-state index contributed by atoms with van der Waals surface area (Å²) in [5.41, 5.74) is 6.71. The molecular formula is C25H21N5O2. The molecule has 1 amide bonds. The number of nitrogens with zero attached hydrogens (tertiary/aromatic N) is 3. The van der Waals surface area contributed by atoms with E-state index >= 15 is 0 Å². The highest BCUT2D eigenvalue weighted by Gasteiger charge is 2.28. The number of hydrogen-bond donors (Lipinski definition) is 2. The zero-order chi connectivity index (χ0) is 21.8. The minimum atomic E-state index is -0.427. The molecule has 0 saturated heterocycles. The number of amides is 1. The van der Waals surface area contributed by atoms with Gasteiger partial charge in [-0.15, -0.1) is 10.2 Å². The van der Waals surface area contributed by atoms with Crippen LogP contribution >= 0.6 is 0 Å². The van der Waals surface area contributed by atoms with Crippen LogP contribution in [-0.2, 0) is 4.74 Å². The van der Waals surface area contributed by atoms with E-state index in [1.165, 1.54) is 22.3 Å². The summed E-state index contributed by atoms with van der Waals surface area (Å²) in [5, 5.41) is 16.7. The number of carbonyl (C=O) groups excluding carboxylic acids is 1. The average molecular weight is 423 g/mol. The van der Waals surface area contributed by atoms with Crippen molar-refractivity contribution in [1.29, 1.82) is 0 Å². The molecule has 5 rings (SSSR count). The van der Waals surface area contributed by atoms with Gasteiger partial charge in [0.05, 0.1) is 0 Å². The van der Waals surface area contributed by atoms with Crippen molar-refractivity contribution >= 4 is 12.2 Å². The first-order valence-electron chi connectivity index (χ1n) is 10.4. The first kappa shape index (κ1) is 19.7. The van der Waals surface area contributed by atoms with Gasteiger partial charge in [0.25, 0.3) is 0 Å². The summed E-state index contributed by atoms with van der Waals surface area (Å²) in [6.07, 6.45) is 3.39. The molecule has 4 aromatic rings. The predicted molar refractivity (Wildman–Crippen MR) is 122 cm³/mol. The monoisotopic (exact) mass is 423 g/mol. The number of fused-ring (bicyclic) bond motifs is 3. The molecule has 0 aliphatic heterocycles. The fraction of sp³-hybridized carbons (Fsp3) is 0.120. The Morgan fingerprint density at radius 3 is 2.31 bits per heavy atom. The van der Waals surface area contributed by atoms with Crippen molar-refractivity contribution in [3.05, 3.63) is 95.6 Å². The first-order valence-corrected chi connectivity index (χ1v) is 10.4. The van der Waals surface area contributed by atoms with E-state index in [-0.39, 0.29) is 5.92 Å². The zero-order valence-corrected chi connectivity index (χ0v) is 17.2. The lowest BCUT2D eigenvalue weighted by Crippen LogP contribution is -2.26. The van der Waals surface area contributed by atoms with Crippen LogP contribution in [0.3, 0.4) is 0 Å². The molecule has 0 atom stereocenters. The molecule has 0 radical (unpaired) electrons. The van der Waals surface area contributed by atoms with Crippen LogP contribution in [0.1, 0.15) is 22.6 Å². The molecule has 2 N–H and O–H groups in total. The first-order chi connectivity index (χ1) is 15.8. The number of H-pyrrole nitrogens is 1. The number of ether oxygens (including phenoxy) is 1. The number of benzene rings is 3. The van der Waals surface area contributed by atoms with Crippen molar-refractivity contribution in [3.8, 4) is 22.5 Å². The van der Waals surface area contributed by atoms with Crippen LogP contribution < -0.4 is 5.32 Å². The van der Waals surface area contributed by atoms with Gasteiger partial charge >= 0.3 is 6.09 Å². The van der Waals surface area contributed by atoms with Crippen molar-refractivity contribution in [2.24, 2.45) is 0 Å². The summed E-state index contributed by atoms with van der Waals surface area (Å²) in [4.78, 5) is 12.2. The highest BCUT2D eigenvalue weighted by atomic mass is 16.5. The van der Waals surface area contributed by atoms with E-state index in [9.17, 15) is 4.79 Å². The van der Waals surface area contributed by atoms with Gasteiger partial charge in [-0.2, -0.15) is 5.21 Å². The maximum absolute atomic E-state index is 12.2. The number of tetrazole rings is 1. The van der Waals surface area contributed by atoms with Crippen LogP contribution in [0.15, 0.2) is 78.9 Å². The van der Waals surface area contributed by atoms with E-state index in [1.807, 2.05) is 60.7 Å². The highest BCUT2D eigenvalue weighted by molar-refractivity contribution is 5.79. The molecule has 3 aromatic carbocycles. The summed E-state index contributed by atoms with van der Waals surface area (Å²) in [7, 11) is 0. The van der Waals surface area contributed by atoms with Crippen LogP contribution in [0.25, 0.3) is 28.6 Å². The van der Waals surface area contributed by atoms with Crippen molar-refractivity contribution in [3.63, 3.8) is 0 Å². The van der Waals surface area contributed by atoms with Gasteiger partial charge in [-0.1, -0.05) is 84.9 Å². The topological polar surface area (TPSA) is 92.8 Å². The molecule has 0 saturated carbocycles. The third kappa shape index (κ3) is 4.00. The Morgan fingerprint density at radius 1 is 0.969 bits per heavy atom. The van der Waals surface area contributed by atoms with Crippen LogP contribution in [0.5, 0.6) is 0 Å². The van der Waals surface area contributed by atoms with Crippen molar-refractivity contribution in [1.82, 2.24) is 25.9 Å². The summed E-state index contributed by atoms with van der Waals surface area (Å²) in [6, 6.07) is 24.3. The van der Waals surface area contributed by atoms with Gasteiger partial charge in [0.2, 0.25) is 5.82 Å². The molecule has 7 nitrogen and oxygen atoms in total. The lowest BCUT2D eigenvalue weighted by atomic mass is 9.98. The Kier molecular flexibility index (Phi) is 5.45. The van der Waals surface area contributed by atoms with Crippen LogP contribution in [0, 0.1) is 0 Å². The van der Waals surface area contributed by atoms with Gasteiger partial charge in [0, 0.05) is 18.0 Å². The second-order valence-corrected chi connectivity index (χ2v) is 7.47. The van der Waals surface area contributed by atoms with Gasteiger partial charge in [-0.05, 0) is 33.0 Å². The van der Waals surface area contributed by atoms with Crippen molar-refractivity contribution < 1.29 is 9.53 Å². The number of aromatic amines is 1. The second kappa shape index (κ2) is 8.85. The zero-order valence-electron chi connectivity index (χ0n) is 17.2. The second-order valence-electron chi connectivity index (χ2n) is 7.47. The van der Waals surface area contributed by atoms with E-state index in [2.05, 4.69) is 50.2 Å². The van der Waals surface area contributed by atoms with Gasteiger partial charge < -0.3 is 10.1 Å². The summed E-state index contributed by atoms with van der Waals surface area (Å²) in [6.45, 7) is 0.685. The van der Waals surface area contributed by atoms with Crippen molar-refractivity contribution in [2.75, 3.05) is 13.2 Å². The third-order valence-electron chi connectivity index (χ3n) is 5.53. The number of hydrogen-bond acceptors (Lipinski definition) is 5. The van der Waals surface area contributed by atoms with E-state index < -0.39 is 6.09 Å². The molecule has 1 heterocycles. The Labute approximate surface area is 185 Å². The number of rotatable bonds is 6.